The molecule has 2 saturated carbocycles. The van der Waals surface area contributed by atoms with Crippen LogP contribution in [0.4, 0.5) is 0 Å². The molecule has 4 rings (SSSR count). The van der Waals surface area contributed by atoms with Gasteiger partial charge in [-0.2, -0.15) is 0 Å². The molecule has 0 amide bonds. The molecule has 2 fully saturated rings. The van der Waals surface area contributed by atoms with Crippen molar-refractivity contribution < 1.29 is 14.3 Å². The molecule has 0 aliphatic heterocycles. The molecule has 102 valence electrons. The highest BCUT2D eigenvalue weighted by atomic mass is 16.4. The van der Waals surface area contributed by atoms with Gasteiger partial charge in [-0.1, -0.05) is 0 Å². The number of carbonyl (C=O) groups is 1. The zero-order chi connectivity index (χ0) is 13.7. The van der Waals surface area contributed by atoms with Gasteiger partial charge < -0.3 is 9.52 Å². The van der Waals surface area contributed by atoms with Gasteiger partial charge in [0.2, 0.25) is 0 Å². The Hall–Kier alpha value is -2.17. The monoisotopic (exact) mass is 270 g/mol. The first-order valence-corrected chi connectivity index (χ1v) is 6.84. The molecule has 2 aliphatic carbocycles. The highest BCUT2D eigenvalue weighted by Crippen LogP contribution is 2.49. The van der Waals surface area contributed by atoms with Gasteiger partial charge in [0.05, 0.1) is 11.6 Å². The van der Waals surface area contributed by atoms with E-state index in [2.05, 4.69) is 9.97 Å². The first kappa shape index (κ1) is 11.6. The molecule has 0 unspecified atom stereocenters. The van der Waals surface area contributed by atoms with E-state index < -0.39 is 11.4 Å². The van der Waals surface area contributed by atoms with E-state index in [9.17, 15) is 9.90 Å². The molecular weight excluding hydrogens is 256 g/mol. The number of rotatable bonds is 4. The van der Waals surface area contributed by atoms with Gasteiger partial charge >= 0.3 is 5.97 Å². The quantitative estimate of drug-likeness (QED) is 0.924. The normalized spacial score (nSPS) is 19.8. The lowest BCUT2D eigenvalue weighted by Gasteiger charge is -2.10. The number of hydrogen-bond acceptors (Lipinski definition) is 4. The fourth-order valence-corrected chi connectivity index (χ4v) is 2.53. The summed E-state index contributed by atoms with van der Waals surface area (Å²) in [6.07, 6.45) is 8.67. The lowest BCUT2D eigenvalue weighted by molar-refractivity contribution is -0.140. The Labute approximate surface area is 115 Å². The van der Waals surface area contributed by atoms with Gasteiger partial charge in [-0.3, -0.25) is 9.78 Å². The lowest BCUT2D eigenvalue weighted by Crippen LogP contribution is -2.19. The van der Waals surface area contributed by atoms with E-state index in [0.717, 1.165) is 29.9 Å². The number of aliphatic carboxylic acids is 1. The molecule has 0 radical (unpaired) electrons. The number of oxazole rings is 1. The molecule has 2 aromatic heterocycles. The standard InChI is InChI=1S/C15H14N2O3/c18-14(19)15(3-4-15)11-5-10(6-16-7-11)12-8-17-13(20-12)9-1-2-9/h5-9H,1-4H2,(H,18,19). The first-order chi connectivity index (χ1) is 9.69. The van der Waals surface area contributed by atoms with Crippen molar-refractivity contribution in [3.05, 3.63) is 36.1 Å². The van der Waals surface area contributed by atoms with E-state index in [0.29, 0.717) is 24.5 Å². The lowest BCUT2D eigenvalue weighted by atomic mass is 9.96. The van der Waals surface area contributed by atoms with Crippen LogP contribution in [-0.4, -0.2) is 21.0 Å². The van der Waals surface area contributed by atoms with Gasteiger partial charge in [0.15, 0.2) is 11.7 Å². The van der Waals surface area contributed by atoms with Crippen molar-refractivity contribution in [2.45, 2.75) is 37.0 Å². The predicted molar refractivity (Wildman–Crippen MR) is 70.3 cm³/mol. The van der Waals surface area contributed by atoms with Crippen LogP contribution in [0, 0.1) is 0 Å². The Morgan fingerprint density at radius 1 is 1.30 bits per heavy atom. The summed E-state index contributed by atoms with van der Waals surface area (Å²) in [5.74, 6) is 1.15. The van der Waals surface area contributed by atoms with Crippen LogP contribution < -0.4 is 0 Å². The van der Waals surface area contributed by atoms with Crippen LogP contribution in [0.25, 0.3) is 11.3 Å². The number of carboxylic acids is 1. The van der Waals surface area contributed by atoms with E-state index in [1.165, 1.54) is 0 Å². The van der Waals surface area contributed by atoms with Gasteiger partial charge in [-0.05, 0) is 37.3 Å². The number of nitrogens with zero attached hydrogens (tertiary/aromatic N) is 2. The molecule has 20 heavy (non-hydrogen) atoms. The zero-order valence-electron chi connectivity index (χ0n) is 10.9. The second-order valence-corrected chi connectivity index (χ2v) is 5.69. The van der Waals surface area contributed by atoms with Gasteiger partial charge in [0.25, 0.3) is 0 Å². The van der Waals surface area contributed by atoms with E-state index >= 15 is 0 Å². The van der Waals surface area contributed by atoms with E-state index in [-0.39, 0.29) is 0 Å². The predicted octanol–water partition coefficient (Wildman–Crippen LogP) is 2.73. The highest BCUT2D eigenvalue weighted by Gasteiger charge is 2.52. The maximum absolute atomic E-state index is 11.4. The smallest absolute Gasteiger partial charge is 0.314 e. The number of aromatic nitrogens is 2. The largest absolute Gasteiger partial charge is 0.481 e. The molecule has 0 atom stereocenters. The fraction of sp³-hybridized carbons (Fsp3) is 0.400. The van der Waals surface area contributed by atoms with Crippen molar-refractivity contribution in [3.63, 3.8) is 0 Å². The van der Waals surface area contributed by atoms with Crippen LogP contribution in [0.3, 0.4) is 0 Å². The average molecular weight is 270 g/mol. The van der Waals surface area contributed by atoms with E-state index in [4.69, 9.17) is 4.42 Å². The average Bonchev–Trinajstić information content (AvgIpc) is 3.37. The topological polar surface area (TPSA) is 76.2 Å². The molecule has 0 aromatic carbocycles. The summed E-state index contributed by atoms with van der Waals surface area (Å²) in [5, 5.41) is 9.34. The third kappa shape index (κ3) is 1.73. The molecule has 0 bridgehead atoms. The summed E-state index contributed by atoms with van der Waals surface area (Å²) in [6, 6.07) is 1.87. The van der Waals surface area contributed by atoms with Gasteiger partial charge in [0, 0.05) is 23.9 Å². The van der Waals surface area contributed by atoms with Crippen molar-refractivity contribution in [2.24, 2.45) is 0 Å². The Bertz CT molecular complexity index is 684. The molecular formula is C15H14N2O3. The number of carboxylic acid groups (broad SMARTS) is 1. The Balaban J connectivity index is 1.70. The summed E-state index contributed by atoms with van der Waals surface area (Å²) < 4.78 is 5.74. The van der Waals surface area contributed by atoms with Crippen LogP contribution in [0.2, 0.25) is 0 Å². The third-order valence-electron chi connectivity index (χ3n) is 4.18. The summed E-state index contributed by atoms with van der Waals surface area (Å²) >= 11 is 0. The zero-order valence-corrected chi connectivity index (χ0v) is 10.9. The van der Waals surface area contributed by atoms with Crippen molar-refractivity contribution in [3.8, 4) is 11.3 Å². The molecule has 5 heteroatoms. The van der Waals surface area contributed by atoms with Crippen LogP contribution in [0.5, 0.6) is 0 Å². The van der Waals surface area contributed by atoms with Gasteiger partial charge in [-0.15, -0.1) is 0 Å². The van der Waals surface area contributed by atoms with Crippen molar-refractivity contribution >= 4 is 5.97 Å². The van der Waals surface area contributed by atoms with Gasteiger partial charge in [0.1, 0.15) is 0 Å². The minimum absolute atomic E-state index is 0.466. The number of hydrogen-bond donors (Lipinski definition) is 1. The third-order valence-corrected chi connectivity index (χ3v) is 4.18. The van der Waals surface area contributed by atoms with Crippen LogP contribution in [0.1, 0.15) is 43.1 Å². The van der Waals surface area contributed by atoms with Crippen molar-refractivity contribution in [1.82, 2.24) is 9.97 Å². The van der Waals surface area contributed by atoms with Crippen LogP contribution in [-0.2, 0) is 10.2 Å². The molecule has 5 nitrogen and oxygen atoms in total. The SMILES string of the molecule is O=C(O)C1(c2cncc(-c3cnc(C4CC4)o3)c2)CC1. The first-order valence-electron chi connectivity index (χ1n) is 6.84. The van der Waals surface area contributed by atoms with Crippen molar-refractivity contribution in [1.29, 1.82) is 0 Å². The van der Waals surface area contributed by atoms with Gasteiger partial charge in [-0.25, -0.2) is 4.98 Å². The summed E-state index contributed by atoms with van der Waals surface area (Å²) in [7, 11) is 0. The Kier molecular flexibility index (Phi) is 2.28. The highest BCUT2D eigenvalue weighted by molar-refractivity contribution is 5.85. The van der Waals surface area contributed by atoms with E-state index in [1.54, 1.807) is 18.6 Å². The maximum atomic E-state index is 11.4. The molecule has 2 heterocycles. The summed E-state index contributed by atoms with van der Waals surface area (Å²) in [5.41, 5.74) is 0.823. The number of pyridine rings is 1. The van der Waals surface area contributed by atoms with Crippen LogP contribution >= 0.6 is 0 Å². The summed E-state index contributed by atoms with van der Waals surface area (Å²) in [6.45, 7) is 0. The minimum Gasteiger partial charge on any atom is -0.481 e. The molecule has 2 aliphatic rings. The second-order valence-electron chi connectivity index (χ2n) is 5.69. The molecule has 0 saturated heterocycles. The molecule has 2 aromatic rings. The summed E-state index contributed by atoms with van der Waals surface area (Å²) in [4.78, 5) is 19.8. The fourth-order valence-electron chi connectivity index (χ4n) is 2.53. The Morgan fingerprint density at radius 2 is 2.10 bits per heavy atom. The molecule has 1 N–H and O–H groups in total. The maximum Gasteiger partial charge on any atom is 0.314 e. The van der Waals surface area contributed by atoms with Crippen LogP contribution in [0.15, 0.2) is 29.1 Å². The van der Waals surface area contributed by atoms with E-state index in [1.807, 2.05) is 6.07 Å². The molecule has 0 spiro atoms. The second kappa shape index (κ2) is 3.91. The minimum atomic E-state index is -0.771. The van der Waals surface area contributed by atoms with Crippen molar-refractivity contribution in [2.75, 3.05) is 0 Å². The Morgan fingerprint density at radius 3 is 2.75 bits per heavy atom.